The maximum absolute atomic E-state index is 12.6. The molecule has 0 aliphatic carbocycles. The average Bonchev–Trinajstić information content (AvgIpc) is 2.88. The molecule has 3 rings (SSSR count). The molecule has 2 aliphatic rings. The predicted octanol–water partition coefficient (Wildman–Crippen LogP) is 0.306. The van der Waals surface area contributed by atoms with E-state index in [1.807, 2.05) is 0 Å². The summed E-state index contributed by atoms with van der Waals surface area (Å²) in [6.45, 7) is 3.29. The van der Waals surface area contributed by atoms with Crippen molar-refractivity contribution in [2.75, 3.05) is 30.2 Å². The van der Waals surface area contributed by atoms with Gasteiger partial charge in [0.15, 0.2) is 11.5 Å². The number of hydrogen-bond donors (Lipinski definition) is 3. The summed E-state index contributed by atoms with van der Waals surface area (Å²) in [5, 5.41) is 21.9. The van der Waals surface area contributed by atoms with Crippen molar-refractivity contribution in [3.8, 4) is 11.5 Å². The van der Waals surface area contributed by atoms with Crippen LogP contribution in [0.4, 0.5) is 11.4 Å². The molecule has 0 bridgehead atoms. The number of aliphatic hydroxyl groups is 2. The third kappa shape index (κ3) is 2.28. The molecule has 2 aliphatic heterocycles. The second-order valence-corrected chi connectivity index (χ2v) is 5.72. The van der Waals surface area contributed by atoms with Crippen LogP contribution >= 0.6 is 0 Å². The molecule has 1 amide bonds. The third-order valence-electron chi connectivity index (χ3n) is 3.61. The van der Waals surface area contributed by atoms with Gasteiger partial charge < -0.3 is 29.9 Å². The van der Waals surface area contributed by atoms with Crippen LogP contribution in [0.1, 0.15) is 13.8 Å². The summed E-state index contributed by atoms with van der Waals surface area (Å²) < 4.78 is 10.7. The van der Waals surface area contributed by atoms with Crippen molar-refractivity contribution in [2.45, 2.75) is 25.5 Å². The zero-order valence-corrected chi connectivity index (χ0v) is 11.9. The van der Waals surface area contributed by atoms with Gasteiger partial charge in [-0.1, -0.05) is 0 Å². The summed E-state index contributed by atoms with van der Waals surface area (Å²) in [6.07, 6.45) is -0.999. The highest BCUT2D eigenvalue weighted by molar-refractivity contribution is 6.08. The molecule has 2 heterocycles. The van der Waals surface area contributed by atoms with Crippen LogP contribution in [0.25, 0.3) is 0 Å². The van der Waals surface area contributed by atoms with Crippen LogP contribution in [-0.4, -0.2) is 47.7 Å². The van der Waals surface area contributed by atoms with E-state index in [1.54, 1.807) is 26.0 Å². The molecular formula is C14H18N2O5. The molecule has 0 saturated carbocycles. The number of nitrogens with one attached hydrogen (secondary N) is 1. The lowest BCUT2D eigenvalue weighted by Crippen LogP contribution is -2.55. The normalized spacial score (nSPS) is 20.0. The van der Waals surface area contributed by atoms with Gasteiger partial charge >= 0.3 is 0 Å². The third-order valence-corrected chi connectivity index (χ3v) is 3.61. The number of rotatable bonds is 3. The zero-order valence-electron chi connectivity index (χ0n) is 11.9. The van der Waals surface area contributed by atoms with Crippen LogP contribution in [-0.2, 0) is 4.79 Å². The van der Waals surface area contributed by atoms with Crippen LogP contribution in [0.2, 0.25) is 0 Å². The summed E-state index contributed by atoms with van der Waals surface area (Å²) in [4.78, 5) is 14.0. The summed E-state index contributed by atoms with van der Waals surface area (Å²) in [5.74, 6) is 1.00. The lowest BCUT2D eigenvalue weighted by molar-refractivity contribution is -0.122. The van der Waals surface area contributed by atoms with E-state index in [2.05, 4.69) is 5.32 Å². The Labute approximate surface area is 122 Å². The monoisotopic (exact) mass is 294 g/mol. The van der Waals surface area contributed by atoms with E-state index in [9.17, 15) is 9.90 Å². The molecule has 0 fully saturated rings. The van der Waals surface area contributed by atoms with E-state index in [1.165, 1.54) is 4.90 Å². The Balaban J connectivity index is 2.05. The van der Waals surface area contributed by atoms with Crippen molar-refractivity contribution in [1.82, 2.24) is 0 Å². The summed E-state index contributed by atoms with van der Waals surface area (Å²) >= 11 is 0. The Morgan fingerprint density at radius 2 is 2.05 bits per heavy atom. The minimum atomic E-state index is -0.999. The van der Waals surface area contributed by atoms with Crippen LogP contribution in [0.15, 0.2) is 12.1 Å². The van der Waals surface area contributed by atoms with E-state index in [0.29, 0.717) is 17.2 Å². The van der Waals surface area contributed by atoms with Gasteiger partial charge in [0, 0.05) is 12.1 Å². The molecule has 114 valence electrons. The molecule has 7 nitrogen and oxygen atoms in total. The first kappa shape index (κ1) is 14.0. The lowest BCUT2D eigenvalue weighted by atomic mass is 9.97. The van der Waals surface area contributed by atoms with Crippen LogP contribution in [0, 0.1) is 0 Å². The number of nitrogens with zero attached hydrogens (tertiary/aromatic N) is 1. The highest BCUT2D eigenvalue weighted by Crippen LogP contribution is 2.44. The van der Waals surface area contributed by atoms with E-state index < -0.39 is 18.2 Å². The maximum Gasteiger partial charge on any atom is 0.252 e. The van der Waals surface area contributed by atoms with Crippen molar-refractivity contribution in [1.29, 1.82) is 0 Å². The molecule has 1 atom stereocenters. The molecule has 21 heavy (non-hydrogen) atoms. The van der Waals surface area contributed by atoms with Gasteiger partial charge in [-0.15, -0.1) is 0 Å². The molecule has 0 saturated heterocycles. The number of hydrogen-bond acceptors (Lipinski definition) is 6. The van der Waals surface area contributed by atoms with Gasteiger partial charge in [0.2, 0.25) is 6.79 Å². The highest BCUT2D eigenvalue weighted by atomic mass is 16.7. The molecule has 1 unspecified atom stereocenters. The first-order valence-electron chi connectivity index (χ1n) is 6.75. The Bertz CT molecular complexity index is 587. The minimum absolute atomic E-state index is 0.0209. The highest BCUT2D eigenvalue weighted by Gasteiger charge is 2.40. The van der Waals surface area contributed by atoms with Crippen LogP contribution < -0.4 is 19.7 Å². The molecule has 7 heteroatoms. The molecule has 3 N–H and O–H groups in total. The van der Waals surface area contributed by atoms with E-state index in [0.717, 1.165) is 5.69 Å². The van der Waals surface area contributed by atoms with Gasteiger partial charge in [-0.3, -0.25) is 4.79 Å². The standard InChI is InChI=1S/C14H18N2O5/c1-14(2)13(19)16(5-8(18)6-17)10-4-12-11(20-7-21-12)3-9(10)15-14/h3-4,8,15,17-18H,5-7H2,1-2H3. The van der Waals surface area contributed by atoms with Gasteiger partial charge in [0.1, 0.15) is 5.54 Å². The number of fused-ring (bicyclic) bond motifs is 2. The number of ether oxygens (including phenoxy) is 2. The Morgan fingerprint density at radius 3 is 2.71 bits per heavy atom. The fraction of sp³-hybridized carbons (Fsp3) is 0.500. The molecule has 0 spiro atoms. The molecule has 0 aromatic heterocycles. The van der Waals surface area contributed by atoms with Gasteiger partial charge in [0.05, 0.1) is 30.6 Å². The second-order valence-electron chi connectivity index (χ2n) is 5.72. The number of anilines is 2. The van der Waals surface area contributed by atoms with E-state index in [4.69, 9.17) is 14.6 Å². The largest absolute Gasteiger partial charge is 0.454 e. The number of aliphatic hydroxyl groups excluding tert-OH is 2. The molecule has 1 aromatic carbocycles. The summed E-state index contributed by atoms with van der Waals surface area (Å²) in [7, 11) is 0. The van der Waals surface area contributed by atoms with Gasteiger partial charge in [-0.2, -0.15) is 0 Å². The fourth-order valence-electron chi connectivity index (χ4n) is 2.54. The minimum Gasteiger partial charge on any atom is -0.454 e. The van der Waals surface area contributed by atoms with Crippen molar-refractivity contribution >= 4 is 17.3 Å². The average molecular weight is 294 g/mol. The maximum atomic E-state index is 12.6. The predicted molar refractivity (Wildman–Crippen MR) is 75.7 cm³/mol. The topological polar surface area (TPSA) is 91.3 Å². The number of benzene rings is 1. The van der Waals surface area contributed by atoms with Gasteiger partial charge in [-0.25, -0.2) is 0 Å². The SMILES string of the molecule is CC1(C)Nc2cc3c(cc2N(CC(O)CO)C1=O)OCO3. The number of carbonyl (C=O) groups is 1. The zero-order chi connectivity index (χ0) is 15.2. The Hall–Kier alpha value is -1.99. The first-order valence-corrected chi connectivity index (χ1v) is 6.75. The number of β-amino-alcohol motifs (C(OH)–C–C–N with tert-alkyl or cyclic N) is 1. The van der Waals surface area contributed by atoms with Crippen molar-refractivity contribution < 1.29 is 24.5 Å². The van der Waals surface area contributed by atoms with Crippen molar-refractivity contribution in [2.24, 2.45) is 0 Å². The number of carbonyl (C=O) groups excluding carboxylic acids is 1. The van der Waals surface area contributed by atoms with Gasteiger partial charge in [0.25, 0.3) is 5.91 Å². The molecular weight excluding hydrogens is 276 g/mol. The quantitative estimate of drug-likeness (QED) is 0.743. The number of amides is 1. The fourth-order valence-corrected chi connectivity index (χ4v) is 2.54. The first-order chi connectivity index (χ1) is 9.92. The van der Waals surface area contributed by atoms with E-state index >= 15 is 0 Å². The summed E-state index contributed by atoms with van der Waals surface area (Å²) in [5.41, 5.74) is 0.528. The lowest BCUT2D eigenvalue weighted by Gasteiger charge is -2.40. The van der Waals surface area contributed by atoms with Crippen molar-refractivity contribution in [3.63, 3.8) is 0 Å². The smallest absolute Gasteiger partial charge is 0.252 e. The molecule has 1 aromatic rings. The van der Waals surface area contributed by atoms with Crippen molar-refractivity contribution in [3.05, 3.63) is 12.1 Å². The van der Waals surface area contributed by atoms with Crippen LogP contribution in [0.3, 0.4) is 0 Å². The second kappa shape index (κ2) is 4.78. The van der Waals surface area contributed by atoms with Gasteiger partial charge in [-0.05, 0) is 13.8 Å². The molecule has 0 radical (unpaired) electrons. The summed E-state index contributed by atoms with van der Waals surface area (Å²) in [6, 6.07) is 3.49. The Kier molecular flexibility index (Phi) is 3.18. The van der Waals surface area contributed by atoms with E-state index in [-0.39, 0.29) is 19.2 Å². The Morgan fingerprint density at radius 1 is 1.38 bits per heavy atom. The van der Waals surface area contributed by atoms with Crippen LogP contribution in [0.5, 0.6) is 11.5 Å².